The largest absolute Gasteiger partial charge is 0.496 e. The van der Waals surface area contributed by atoms with E-state index in [0.29, 0.717) is 21.4 Å². The van der Waals surface area contributed by atoms with Crippen molar-refractivity contribution in [1.82, 2.24) is 0 Å². The molecular formula is C22H19ClN2O2S. The number of allylic oxidation sites excluding steroid dienone is 3. The molecule has 1 heterocycles. The van der Waals surface area contributed by atoms with Gasteiger partial charge in [0.2, 0.25) is 0 Å². The van der Waals surface area contributed by atoms with Crippen LogP contribution in [0.15, 0.2) is 71.4 Å². The predicted molar refractivity (Wildman–Crippen MR) is 117 cm³/mol. The number of ether oxygens (including phenoxy) is 1. The molecule has 142 valence electrons. The molecule has 4 rings (SSSR count). The van der Waals surface area contributed by atoms with Gasteiger partial charge in [0.05, 0.1) is 34.3 Å². The molecule has 0 bridgehead atoms. The Hall–Kier alpha value is -2.50. The molecule has 2 aliphatic rings. The first kappa shape index (κ1) is 18.8. The number of amidine groups is 1. The minimum absolute atomic E-state index is 0.213. The van der Waals surface area contributed by atoms with Gasteiger partial charge in [-0.3, -0.25) is 9.69 Å². The first-order valence-electron chi connectivity index (χ1n) is 8.94. The molecule has 4 nitrogen and oxygen atoms in total. The Kier molecular flexibility index (Phi) is 5.29. The summed E-state index contributed by atoms with van der Waals surface area (Å²) in [6.07, 6.45) is 7.03. The summed E-state index contributed by atoms with van der Waals surface area (Å²) in [5, 5.41) is 1.29. The van der Waals surface area contributed by atoms with Gasteiger partial charge in [-0.2, -0.15) is 0 Å². The summed E-state index contributed by atoms with van der Waals surface area (Å²) >= 11 is 7.92. The van der Waals surface area contributed by atoms with Crippen molar-refractivity contribution in [3.05, 3.63) is 82.5 Å². The van der Waals surface area contributed by atoms with E-state index in [1.807, 2.05) is 49.4 Å². The summed E-state index contributed by atoms with van der Waals surface area (Å²) in [5.41, 5.74) is 3.12. The molecule has 2 aromatic carbocycles. The number of nitrogens with zero attached hydrogens (tertiary/aromatic N) is 2. The lowest BCUT2D eigenvalue weighted by molar-refractivity contribution is 0.100. The lowest BCUT2D eigenvalue weighted by Crippen LogP contribution is -2.35. The third kappa shape index (κ3) is 3.48. The fourth-order valence-corrected chi connectivity index (χ4v) is 4.58. The van der Waals surface area contributed by atoms with Gasteiger partial charge in [0, 0.05) is 6.07 Å². The van der Waals surface area contributed by atoms with Crippen LogP contribution in [0.3, 0.4) is 0 Å². The van der Waals surface area contributed by atoms with Crippen LogP contribution in [0.1, 0.15) is 22.3 Å². The van der Waals surface area contributed by atoms with Crippen LogP contribution < -0.4 is 9.64 Å². The van der Waals surface area contributed by atoms with E-state index in [1.54, 1.807) is 35.9 Å². The molecule has 2 aromatic rings. The third-order valence-electron chi connectivity index (χ3n) is 4.70. The van der Waals surface area contributed by atoms with Gasteiger partial charge in [0.1, 0.15) is 5.75 Å². The van der Waals surface area contributed by atoms with E-state index < -0.39 is 0 Å². The SMILES string of the molecule is COc1cc(N(C(=O)c2ccccc2Cl)C2=NC3=CC=CCC3S2)ccc1C. The molecule has 0 spiro atoms. The van der Waals surface area contributed by atoms with E-state index in [9.17, 15) is 4.79 Å². The number of fused-ring (bicyclic) bond motifs is 1. The van der Waals surface area contributed by atoms with E-state index in [4.69, 9.17) is 21.3 Å². The number of halogens is 1. The quantitative estimate of drug-likeness (QED) is 0.659. The van der Waals surface area contributed by atoms with Gasteiger partial charge in [-0.15, -0.1) is 0 Å². The van der Waals surface area contributed by atoms with Crippen molar-refractivity contribution in [1.29, 1.82) is 0 Å². The van der Waals surface area contributed by atoms with Gasteiger partial charge in [0.15, 0.2) is 5.17 Å². The Bertz CT molecular complexity index is 1030. The van der Waals surface area contributed by atoms with Crippen molar-refractivity contribution in [3.8, 4) is 5.75 Å². The van der Waals surface area contributed by atoms with Gasteiger partial charge in [-0.05, 0) is 43.2 Å². The van der Waals surface area contributed by atoms with Crippen molar-refractivity contribution in [3.63, 3.8) is 0 Å². The van der Waals surface area contributed by atoms with Gasteiger partial charge < -0.3 is 4.74 Å². The summed E-state index contributed by atoms with van der Waals surface area (Å²) < 4.78 is 5.47. The summed E-state index contributed by atoms with van der Waals surface area (Å²) in [6, 6.07) is 12.8. The maximum Gasteiger partial charge on any atom is 0.265 e. The lowest BCUT2D eigenvalue weighted by Gasteiger charge is -2.24. The van der Waals surface area contributed by atoms with Crippen LogP contribution in [0.4, 0.5) is 5.69 Å². The van der Waals surface area contributed by atoms with Crippen LogP contribution in [0.2, 0.25) is 5.02 Å². The van der Waals surface area contributed by atoms with Gasteiger partial charge in [0.25, 0.3) is 5.91 Å². The number of aryl methyl sites for hydroxylation is 1. The van der Waals surface area contributed by atoms with Gasteiger partial charge >= 0.3 is 0 Å². The van der Waals surface area contributed by atoms with Gasteiger partial charge in [-0.1, -0.05) is 53.7 Å². The number of methoxy groups -OCH3 is 1. The molecule has 0 radical (unpaired) electrons. The number of anilines is 1. The molecule has 0 saturated carbocycles. The average Bonchev–Trinajstić information content (AvgIpc) is 3.13. The number of aliphatic imine (C=N–C) groups is 1. The average molecular weight is 411 g/mol. The summed E-state index contributed by atoms with van der Waals surface area (Å²) in [5.74, 6) is 0.506. The van der Waals surface area contributed by atoms with Crippen LogP contribution in [-0.4, -0.2) is 23.4 Å². The maximum atomic E-state index is 13.5. The van der Waals surface area contributed by atoms with Crippen molar-refractivity contribution >= 4 is 40.1 Å². The molecular weight excluding hydrogens is 392 g/mol. The van der Waals surface area contributed by atoms with Crippen LogP contribution in [0, 0.1) is 6.92 Å². The Morgan fingerprint density at radius 3 is 2.86 bits per heavy atom. The predicted octanol–water partition coefficient (Wildman–Crippen LogP) is 5.62. The fourth-order valence-electron chi connectivity index (χ4n) is 3.20. The van der Waals surface area contributed by atoms with E-state index >= 15 is 0 Å². The van der Waals surface area contributed by atoms with Crippen molar-refractivity contribution in [2.45, 2.75) is 18.6 Å². The van der Waals surface area contributed by atoms with Crippen LogP contribution in [0.5, 0.6) is 5.75 Å². The molecule has 6 heteroatoms. The number of hydrogen-bond donors (Lipinski definition) is 0. The number of amides is 1. The van der Waals surface area contributed by atoms with Crippen molar-refractivity contribution in [2.24, 2.45) is 4.99 Å². The Labute approximate surface area is 173 Å². The third-order valence-corrected chi connectivity index (χ3v) is 6.24. The van der Waals surface area contributed by atoms with Crippen molar-refractivity contribution < 1.29 is 9.53 Å². The minimum Gasteiger partial charge on any atom is -0.496 e. The van der Waals surface area contributed by atoms with E-state index in [2.05, 4.69) is 6.08 Å². The highest BCUT2D eigenvalue weighted by atomic mass is 35.5. The second kappa shape index (κ2) is 7.86. The Morgan fingerprint density at radius 2 is 2.11 bits per heavy atom. The first-order valence-corrected chi connectivity index (χ1v) is 10.2. The zero-order valence-corrected chi connectivity index (χ0v) is 17.1. The normalized spacial score (nSPS) is 17.6. The Balaban J connectivity index is 1.81. The molecule has 1 aliphatic heterocycles. The lowest BCUT2D eigenvalue weighted by atomic mass is 10.1. The van der Waals surface area contributed by atoms with E-state index in [1.165, 1.54) is 0 Å². The van der Waals surface area contributed by atoms with Crippen molar-refractivity contribution in [2.75, 3.05) is 12.0 Å². The number of rotatable bonds is 3. The standard InChI is InChI=1S/C22H19ClN2O2S/c1-14-11-12-15(13-19(14)27-2)25(21(26)16-7-3-4-8-17(16)23)22-24-18-9-5-6-10-20(18)28-22/h3-9,11-13,20H,10H2,1-2H3. The highest BCUT2D eigenvalue weighted by Gasteiger charge is 2.33. The zero-order chi connectivity index (χ0) is 19.7. The van der Waals surface area contributed by atoms with Gasteiger partial charge in [-0.25, -0.2) is 4.99 Å². The molecule has 0 fully saturated rings. The molecule has 1 amide bonds. The number of hydrogen-bond acceptors (Lipinski definition) is 4. The maximum absolute atomic E-state index is 13.5. The summed E-state index contributed by atoms with van der Waals surface area (Å²) in [4.78, 5) is 19.9. The van der Waals surface area contributed by atoms with Crippen LogP contribution >= 0.6 is 23.4 Å². The molecule has 1 atom stereocenters. The van der Waals surface area contributed by atoms with E-state index in [-0.39, 0.29) is 11.2 Å². The smallest absolute Gasteiger partial charge is 0.265 e. The van der Waals surface area contributed by atoms with E-state index in [0.717, 1.165) is 23.4 Å². The monoisotopic (exact) mass is 410 g/mol. The van der Waals surface area contributed by atoms with Crippen LogP contribution in [0.25, 0.3) is 0 Å². The second-order valence-electron chi connectivity index (χ2n) is 6.53. The number of thioether (sulfide) groups is 1. The number of benzene rings is 2. The molecule has 0 saturated heterocycles. The minimum atomic E-state index is -0.213. The zero-order valence-electron chi connectivity index (χ0n) is 15.6. The van der Waals surface area contributed by atoms with Crippen LogP contribution in [-0.2, 0) is 0 Å². The fraction of sp³-hybridized carbons (Fsp3) is 0.182. The molecule has 0 N–H and O–H groups in total. The summed E-state index contributed by atoms with van der Waals surface area (Å²) in [7, 11) is 1.62. The Morgan fingerprint density at radius 1 is 1.29 bits per heavy atom. The second-order valence-corrected chi connectivity index (χ2v) is 8.11. The molecule has 1 aliphatic carbocycles. The number of carbonyl (C=O) groups is 1. The molecule has 28 heavy (non-hydrogen) atoms. The highest BCUT2D eigenvalue weighted by Crippen LogP contribution is 2.39. The molecule has 1 unspecified atom stereocenters. The first-order chi connectivity index (χ1) is 13.6. The number of carbonyl (C=O) groups excluding carboxylic acids is 1. The highest BCUT2D eigenvalue weighted by molar-refractivity contribution is 8.15. The molecule has 0 aromatic heterocycles. The summed E-state index contributed by atoms with van der Waals surface area (Å²) in [6.45, 7) is 1.97. The topological polar surface area (TPSA) is 41.9 Å².